The van der Waals surface area contributed by atoms with Gasteiger partial charge in [0.1, 0.15) is 6.10 Å². The van der Waals surface area contributed by atoms with Crippen molar-refractivity contribution in [2.45, 2.75) is 25.9 Å². The average Bonchev–Trinajstić information content (AvgIpc) is 2.88. The highest BCUT2D eigenvalue weighted by Crippen LogP contribution is 2.23. The van der Waals surface area contributed by atoms with E-state index in [2.05, 4.69) is 16.9 Å². The molecule has 0 saturated carbocycles. The van der Waals surface area contributed by atoms with E-state index in [1.165, 1.54) is 11.9 Å². The zero-order chi connectivity index (χ0) is 13.8. The van der Waals surface area contributed by atoms with Gasteiger partial charge in [0.25, 0.3) is 0 Å². The zero-order valence-electron chi connectivity index (χ0n) is 10.6. The van der Waals surface area contributed by atoms with Crippen LogP contribution in [0.4, 0.5) is 0 Å². The third-order valence-electron chi connectivity index (χ3n) is 2.98. The number of carboxylic acid groups (broad SMARTS) is 1. The van der Waals surface area contributed by atoms with E-state index in [0.29, 0.717) is 5.56 Å². The molecular formula is C14H16N2O3. The molecule has 0 saturated heterocycles. The Hall–Kier alpha value is -2.14. The van der Waals surface area contributed by atoms with Gasteiger partial charge in [-0.2, -0.15) is 0 Å². The molecule has 1 aromatic heterocycles. The second kappa shape index (κ2) is 5.67. The van der Waals surface area contributed by atoms with E-state index in [4.69, 9.17) is 5.11 Å². The van der Waals surface area contributed by atoms with Crippen LogP contribution >= 0.6 is 0 Å². The predicted molar refractivity (Wildman–Crippen MR) is 70.0 cm³/mol. The van der Waals surface area contributed by atoms with Gasteiger partial charge in [-0.05, 0) is 17.5 Å². The maximum atomic E-state index is 11.0. The summed E-state index contributed by atoms with van der Waals surface area (Å²) in [5.74, 6) is -1.15. The van der Waals surface area contributed by atoms with Crippen LogP contribution in [0.5, 0.6) is 0 Å². The van der Waals surface area contributed by atoms with Crippen molar-refractivity contribution < 1.29 is 15.0 Å². The molecule has 1 aromatic carbocycles. The summed E-state index contributed by atoms with van der Waals surface area (Å²) in [6, 6.07) is 7.50. The summed E-state index contributed by atoms with van der Waals surface area (Å²) in [7, 11) is 0. The largest absolute Gasteiger partial charge is 0.476 e. The first-order valence-corrected chi connectivity index (χ1v) is 6.17. The average molecular weight is 260 g/mol. The smallest absolute Gasteiger partial charge is 0.356 e. The number of aromatic nitrogens is 2. The molecule has 0 aliphatic heterocycles. The highest BCUT2D eigenvalue weighted by Gasteiger charge is 2.21. The van der Waals surface area contributed by atoms with Gasteiger partial charge in [-0.25, -0.2) is 9.78 Å². The molecule has 2 aromatic rings. The van der Waals surface area contributed by atoms with Crippen LogP contribution in [0.25, 0.3) is 0 Å². The van der Waals surface area contributed by atoms with E-state index in [1.807, 2.05) is 24.3 Å². The maximum Gasteiger partial charge on any atom is 0.356 e. The highest BCUT2D eigenvalue weighted by atomic mass is 16.4. The van der Waals surface area contributed by atoms with Crippen molar-refractivity contribution in [2.24, 2.45) is 0 Å². The van der Waals surface area contributed by atoms with Crippen molar-refractivity contribution in [3.63, 3.8) is 0 Å². The fraction of sp³-hybridized carbons (Fsp3) is 0.286. The van der Waals surface area contributed by atoms with Gasteiger partial charge >= 0.3 is 5.97 Å². The Kier molecular flexibility index (Phi) is 3.97. The topological polar surface area (TPSA) is 86.2 Å². The van der Waals surface area contributed by atoms with Crippen LogP contribution in [0.15, 0.2) is 30.6 Å². The van der Waals surface area contributed by atoms with Gasteiger partial charge in [0.2, 0.25) is 0 Å². The molecule has 0 aliphatic carbocycles. The number of benzene rings is 1. The number of aliphatic hydroxyl groups is 1. The van der Waals surface area contributed by atoms with E-state index in [-0.39, 0.29) is 11.4 Å². The summed E-state index contributed by atoms with van der Waals surface area (Å²) in [5.41, 5.74) is 1.90. The van der Waals surface area contributed by atoms with Gasteiger partial charge in [0, 0.05) is 0 Å². The van der Waals surface area contributed by atoms with Crippen LogP contribution in [-0.4, -0.2) is 26.2 Å². The van der Waals surface area contributed by atoms with Crippen LogP contribution in [0.3, 0.4) is 0 Å². The molecule has 0 aliphatic rings. The minimum atomic E-state index is -1.15. The van der Waals surface area contributed by atoms with Crippen molar-refractivity contribution >= 4 is 5.97 Å². The van der Waals surface area contributed by atoms with Crippen LogP contribution < -0.4 is 0 Å². The van der Waals surface area contributed by atoms with Gasteiger partial charge in [0.15, 0.2) is 5.69 Å². The van der Waals surface area contributed by atoms with E-state index in [0.717, 1.165) is 12.8 Å². The monoisotopic (exact) mass is 260 g/mol. The fourth-order valence-electron chi connectivity index (χ4n) is 2.01. The van der Waals surface area contributed by atoms with Crippen molar-refractivity contribution in [2.75, 3.05) is 0 Å². The van der Waals surface area contributed by atoms with Crippen LogP contribution in [0.1, 0.15) is 46.8 Å². The quantitative estimate of drug-likeness (QED) is 0.768. The third kappa shape index (κ3) is 2.82. The Labute approximate surface area is 110 Å². The molecule has 3 N–H and O–H groups in total. The van der Waals surface area contributed by atoms with Gasteiger partial charge in [-0.15, -0.1) is 0 Å². The molecule has 5 nitrogen and oxygen atoms in total. The summed E-state index contributed by atoms with van der Waals surface area (Å²) < 4.78 is 0. The number of H-pyrrole nitrogens is 1. The molecule has 0 spiro atoms. The number of aromatic carboxylic acids is 1. The minimum absolute atomic E-state index is 0.148. The number of aliphatic hydroxyl groups excluding tert-OH is 1. The van der Waals surface area contributed by atoms with E-state index in [9.17, 15) is 9.90 Å². The Balaban J connectivity index is 2.25. The van der Waals surface area contributed by atoms with Crippen molar-refractivity contribution in [1.82, 2.24) is 9.97 Å². The number of aryl methyl sites for hydroxylation is 1. The Bertz CT molecular complexity index is 560. The first-order chi connectivity index (χ1) is 9.13. The van der Waals surface area contributed by atoms with Crippen LogP contribution in [0.2, 0.25) is 0 Å². The highest BCUT2D eigenvalue weighted by molar-refractivity contribution is 5.86. The van der Waals surface area contributed by atoms with Gasteiger partial charge in [-0.3, -0.25) is 0 Å². The summed E-state index contributed by atoms with van der Waals surface area (Å²) in [4.78, 5) is 17.3. The molecule has 0 fully saturated rings. The number of aromatic amines is 1. The standard InChI is InChI=1S/C14H16N2O3/c1-2-3-9-4-6-10(7-5-9)13(17)11-12(14(18)19)16-8-15-11/h4-8,13,17H,2-3H2,1H3,(H,15,16)(H,18,19). The molecule has 0 bridgehead atoms. The number of carbonyl (C=O) groups is 1. The first kappa shape index (κ1) is 13.3. The first-order valence-electron chi connectivity index (χ1n) is 6.17. The number of nitrogens with one attached hydrogen (secondary N) is 1. The lowest BCUT2D eigenvalue weighted by Crippen LogP contribution is -2.08. The summed E-state index contributed by atoms with van der Waals surface area (Å²) in [5, 5.41) is 19.2. The molecule has 19 heavy (non-hydrogen) atoms. The van der Waals surface area contributed by atoms with Gasteiger partial charge in [-0.1, -0.05) is 37.6 Å². The van der Waals surface area contributed by atoms with Crippen molar-refractivity contribution in [3.8, 4) is 0 Å². The lowest BCUT2D eigenvalue weighted by Gasteiger charge is -2.10. The molecule has 2 rings (SSSR count). The second-order valence-electron chi connectivity index (χ2n) is 4.36. The Morgan fingerprint density at radius 2 is 2.05 bits per heavy atom. The number of rotatable bonds is 5. The summed E-state index contributed by atoms with van der Waals surface area (Å²) in [6.07, 6.45) is 2.31. The molecule has 0 radical (unpaired) electrons. The number of hydrogen-bond acceptors (Lipinski definition) is 3. The zero-order valence-corrected chi connectivity index (χ0v) is 10.6. The summed E-state index contributed by atoms with van der Waals surface area (Å²) in [6.45, 7) is 2.10. The molecule has 1 heterocycles. The van der Waals surface area contributed by atoms with Gasteiger partial charge < -0.3 is 15.2 Å². The van der Waals surface area contributed by atoms with Gasteiger partial charge in [0.05, 0.1) is 12.0 Å². The molecule has 100 valence electrons. The molecule has 0 amide bonds. The predicted octanol–water partition coefficient (Wildman–Crippen LogP) is 2.14. The molecule has 1 atom stereocenters. The minimum Gasteiger partial charge on any atom is -0.476 e. The van der Waals surface area contributed by atoms with Crippen LogP contribution in [-0.2, 0) is 6.42 Å². The number of carboxylic acids is 1. The Morgan fingerprint density at radius 3 is 2.63 bits per heavy atom. The number of imidazole rings is 1. The molecular weight excluding hydrogens is 244 g/mol. The third-order valence-corrected chi connectivity index (χ3v) is 2.98. The van der Waals surface area contributed by atoms with Crippen molar-refractivity contribution in [3.05, 3.63) is 53.1 Å². The number of hydrogen-bond donors (Lipinski definition) is 3. The molecule has 1 unspecified atom stereocenters. The normalized spacial score (nSPS) is 12.3. The summed E-state index contributed by atoms with van der Waals surface area (Å²) >= 11 is 0. The Morgan fingerprint density at radius 1 is 1.37 bits per heavy atom. The van der Waals surface area contributed by atoms with Crippen LogP contribution in [0, 0.1) is 0 Å². The lowest BCUT2D eigenvalue weighted by atomic mass is 10.0. The van der Waals surface area contributed by atoms with E-state index < -0.39 is 12.1 Å². The lowest BCUT2D eigenvalue weighted by molar-refractivity contribution is 0.0685. The number of nitrogens with zero attached hydrogens (tertiary/aromatic N) is 1. The maximum absolute atomic E-state index is 11.0. The molecule has 5 heteroatoms. The van der Waals surface area contributed by atoms with E-state index in [1.54, 1.807) is 0 Å². The van der Waals surface area contributed by atoms with E-state index >= 15 is 0 Å². The second-order valence-corrected chi connectivity index (χ2v) is 4.36. The SMILES string of the molecule is CCCc1ccc(C(O)c2[nH]cnc2C(=O)O)cc1. The fourth-order valence-corrected chi connectivity index (χ4v) is 2.01. The van der Waals surface area contributed by atoms with Crippen molar-refractivity contribution in [1.29, 1.82) is 0 Å².